The Bertz CT molecular complexity index is 699. The second kappa shape index (κ2) is 5.87. The van der Waals surface area contributed by atoms with Gasteiger partial charge in [0.1, 0.15) is 19.0 Å². The van der Waals surface area contributed by atoms with Gasteiger partial charge in [-0.2, -0.15) is 0 Å². The number of carbonyl (C=O) groups excluding carboxylic acids is 1. The van der Waals surface area contributed by atoms with Gasteiger partial charge in [0, 0.05) is 24.1 Å². The van der Waals surface area contributed by atoms with E-state index in [1.54, 1.807) is 6.26 Å². The van der Waals surface area contributed by atoms with E-state index in [1.807, 2.05) is 30.3 Å². The molecule has 6 nitrogen and oxygen atoms in total. The van der Waals surface area contributed by atoms with Crippen LogP contribution in [-0.4, -0.2) is 25.3 Å². The molecule has 2 N–H and O–H groups in total. The van der Waals surface area contributed by atoms with Crippen molar-refractivity contribution in [3.63, 3.8) is 0 Å². The number of furan rings is 1. The normalized spacial score (nSPS) is 21.6. The van der Waals surface area contributed by atoms with Crippen molar-refractivity contribution in [2.75, 3.05) is 13.2 Å². The predicted octanol–water partition coefficient (Wildman–Crippen LogP) is 2.41. The van der Waals surface area contributed by atoms with Gasteiger partial charge in [-0.1, -0.05) is 12.1 Å². The molecule has 0 radical (unpaired) electrons. The molecule has 1 fully saturated rings. The van der Waals surface area contributed by atoms with Crippen LogP contribution in [0.3, 0.4) is 0 Å². The number of hydrogen-bond acceptors (Lipinski definition) is 4. The van der Waals surface area contributed by atoms with Gasteiger partial charge in [0.15, 0.2) is 11.5 Å². The summed E-state index contributed by atoms with van der Waals surface area (Å²) >= 11 is 0. The van der Waals surface area contributed by atoms with Gasteiger partial charge in [-0.15, -0.1) is 0 Å². The highest BCUT2D eigenvalue weighted by atomic mass is 16.6. The molecule has 1 aromatic heterocycles. The van der Waals surface area contributed by atoms with E-state index in [1.165, 1.54) is 0 Å². The number of fused-ring (bicyclic) bond motifs is 1. The van der Waals surface area contributed by atoms with E-state index >= 15 is 0 Å². The molecule has 0 saturated heterocycles. The Morgan fingerprint density at radius 1 is 1.17 bits per heavy atom. The van der Waals surface area contributed by atoms with Crippen LogP contribution in [0.5, 0.6) is 11.5 Å². The third kappa shape index (κ3) is 2.97. The van der Waals surface area contributed by atoms with Crippen molar-refractivity contribution in [2.24, 2.45) is 0 Å². The highest BCUT2D eigenvalue weighted by Gasteiger charge is 2.41. The van der Waals surface area contributed by atoms with E-state index in [0.29, 0.717) is 19.8 Å². The van der Waals surface area contributed by atoms with E-state index in [-0.39, 0.29) is 18.0 Å². The third-order valence-corrected chi connectivity index (χ3v) is 4.10. The van der Waals surface area contributed by atoms with Crippen LogP contribution < -0.4 is 20.1 Å². The molecular weight excluding hydrogens is 296 g/mol. The Balaban J connectivity index is 1.31. The van der Waals surface area contributed by atoms with Gasteiger partial charge >= 0.3 is 6.03 Å². The standard InChI is InChI=1S/C17H18N2O4/c20-17(19-13-9-12(13)14-5-2-6-21-14)18-10-11-3-1-4-15-16(11)23-8-7-22-15/h1-6,12-13H,7-10H2,(H2,18,19,20)/t12-,13-/m1/s1. The van der Waals surface area contributed by atoms with Gasteiger partial charge in [-0.3, -0.25) is 0 Å². The van der Waals surface area contributed by atoms with E-state index in [2.05, 4.69) is 10.6 Å². The minimum absolute atomic E-state index is 0.144. The number of nitrogens with one attached hydrogen (secondary N) is 2. The Hall–Kier alpha value is -2.63. The molecule has 2 aliphatic rings. The molecule has 2 heterocycles. The molecule has 0 spiro atoms. The summed E-state index contributed by atoms with van der Waals surface area (Å²) in [7, 11) is 0. The molecule has 1 saturated carbocycles. The zero-order chi connectivity index (χ0) is 15.6. The van der Waals surface area contributed by atoms with E-state index in [0.717, 1.165) is 29.2 Å². The summed E-state index contributed by atoms with van der Waals surface area (Å²) in [6.45, 7) is 1.49. The second-order valence-corrected chi connectivity index (χ2v) is 5.73. The van der Waals surface area contributed by atoms with Crippen molar-refractivity contribution < 1.29 is 18.7 Å². The molecule has 23 heavy (non-hydrogen) atoms. The molecule has 1 aromatic carbocycles. The largest absolute Gasteiger partial charge is 0.486 e. The average Bonchev–Trinajstić information content (AvgIpc) is 3.11. The minimum atomic E-state index is -0.182. The minimum Gasteiger partial charge on any atom is -0.486 e. The number of rotatable bonds is 4. The third-order valence-electron chi connectivity index (χ3n) is 4.10. The van der Waals surface area contributed by atoms with Gasteiger partial charge in [0.05, 0.1) is 6.26 Å². The zero-order valence-corrected chi connectivity index (χ0v) is 12.6. The molecule has 6 heteroatoms. The van der Waals surface area contributed by atoms with Crippen molar-refractivity contribution in [3.8, 4) is 11.5 Å². The van der Waals surface area contributed by atoms with Gasteiger partial charge in [-0.05, 0) is 24.6 Å². The van der Waals surface area contributed by atoms with Crippen molar-refractivity contribution in [3.05, 3.63) is 47.9 Å². The number of benzene rings is 1. The fourth-order valence-electron chi connectivity index (χ4n) is 2.84. The number of urea groups is 1. The smallest absolute Gasteiger partial charge is 0.315 e. The van der Waals surface area contributed by atoms with E-state index < -0.39 is 0 Å². The fourth-order valence-corrected chi connectivity index (χ4v) is 2.84. The van der Waals surface area contributed by atoms with Crippen LogP contribution in [0.15, 0.2) is 41.0 Å². The van der Waals surface area contributed by atoms with Crippen LogP contribution in [0.4, 0.5) is 4.79 Å². The van der Waals surface area contributed by atoms with E-state index in [4.69, 9.17) is 13.9 Å². The number of amides is 2. The van der Waals surface area contributed by atoms with E-state index in [9.17, 15) is 4.79 Å². The molecule has 2 amide bonds. The first-order chi connectivity index (χ1) is 11.3. The summed E-state index contributed by atoms with van der Waals surface area (Å²) in [5, 5.41) is 5.83. The maximum atomic E-state index is 12.0. The topological polar surface area (TPSA) is 72.7 Å². The first-order valence-electron chi connectivity index (χ1n) is 7.76. The molecule has 1 aliphatic heterocycles. The molecule has 2 atom stereocenters. The van der Waals surface area contributed by atoms with Crippen LogP contribution in [0.1, 0.15) is 23.7 Å². The van der Waals surface area contributed by atoms with Gasteiger partial charge < -0.3 is 24.5 Å². The van der Waals surface area contributed by atoms with Gasteiger partial charge in [0.2, 0.25) is 0 Å². The average molecular weight is 314 g/mol. The molecule has 120 valence electrons. The lowest BCUT2D eigenvalue weighted by molar-refractivity contribution is 0.169. The first kappa shape index (κ1) is 14.0. The molecule has 2 aromatic rings. The van der Waals surface area contributed by atoms with Crippen LogP contribution in [-0.2, 0) is 6.54 Å². The first-order valence-corrected chi connectivity index (χ1v) is 7.76. The molecule has 0 unspecified atom stereocenters. The highest BCUT2D eigenvalue weighted by molar-refractivity contribution is 5.75. The summed E-state index contributed by atoms with van der Waals surface area (Å²) in [4.78, 5) is 12.0. The molecule has 1 aliphatic carbocycles. The summed E-state index contributed by atoms with van der Waals surface area (Å²) in [6.07, 6.45) is 2.57. The molecular formula is C17H18N2O4. The van der Waals surface area contributed by atoms with Crippen molar-refractivity contribution in [1.82, 2.24) is 10.6 Å². The lowest BCUT2D eigenvalue weighted by Crippen LogP contribution is -2.37. The number of hydrogen-bond donors (Lipinski definition) is 2. The number of ether oxygens (including phenoxy) is 2. The van der Waals surface area contributed by atoms with Gasteiger partial charge in [-0.25, -0.2) is 4.79 Å². The lowest BCUT2D eigenvalue weighted by atomic mass is 10.1. The van der Waals surface area contributed by atoms with Crippen molar-refractivity contribution >= 4 is 6.03 Å². The zero-order valence-electron chi connectivity index (χ0n) is 12.6. The van der Waals surface area contributed by atoms with Crippen LogP contribution in [0.25, 0.3) is 0 Å². The van der Waals surface area contributed by atoms with Crippen LogP contribution in [0.2, 0.25) is 0 Å². The van der Waals surface area contributed by atoms with Crippen molar-refractivity contribution in [2.45, 2.75) is 24.9 Å². The SMILES string of the molecule is O=C(NCc1cccc2c1OCCO2)N[C@@H]1C[C@H]1c1ccco1. The monoisotopic (exact) mass is 314 g/mol. The fraction of sp³-hybridized carbons (Fsp3) is 0.353. The lowest BCUT2D eigenvalue weighted by Gasteiger charge is -2.21. The maximum Gasteiger partial charge on any atom is 0.315 e. The number of para-hydroxylation sites is 1. The maximum absolute atomic E-state index is 12.0. The molecule has 0 bridgehead atoms. The Morgan fingerprint density at radius 3 is 2.96 bits per heavy atom. The highest BCUT2D eigenvalue weighted by Crippen LogP contribution is 2.40. The summed E-state index contributed by atoms with van der Waals surface area (Å²) < 4.78 is 16.5. The number of carbonyl (C=O) groups is 1. The summed E-state index contributed by atoms with van der Waals surface area (Å²) in [5.74, 6) is 2.67. The van der Waals surface area contributed by atoms with Gasteiger partial charge in [0.25, 0.3) is 0 Å². The Kier molecular flexibility index (Phi) is 3.57. The summed E-state index contributed by atoms with van der Waals surface area (Å²) in [6, 6.07) is 9.47. The predicted molar refractivity (Wildman–Crippen MR) is 82.7 cm³/mol. The quantitative estimate of drug-likeness (QED) is 0.909. The van der Waals surface area contributed by atoms with Crippen LogP contribution >= 0.6 is 0 Å². The molecule has 4 rings (SSSR count). The van der Waals surface area contributed by atoms with Crippen LogP contribution in [0, 0.1) is 0 Å². The Labute approximate surface area is 133 Å². The Morgan fingerprint density at radius 2 is 2.09 bits per heavy atom. The second-order valence-electron chi connectivity index (χ2n) is 5.73. The van der Waals surface area contributed by atoms with Crippen molar-refractivity contribution in [1.29, 1.82) is 0 Å². The summed E-state index contributed by atoms with van der Waals surface area (Å²) in [5.41, 5.74) is 0.913.